The van der Waals surface area contributed by atoms with Gasteiger partial charge in [0.15, 0.2) is 5.16 Å². The third-order valence-corrected chi connectivity index (χ3v) is 6.13. The van der Waals surface area contributed by atoms with Crippen LogP contribution in [0.1, 0.15) is 13.3 Å². The van der Waals surface area contributed by atoms with Gasteiger partial charge in [0.05, 0.1) is 18.4 Å². The predicted octanol–water partition coefficient (Wildman–Crippen LogP) is 4.18. The maximum absolute atomic E-state index is 13.4. The molecule has 2 heterocycles. The van der Waals surface area contributed by atoms with E-state index in [4.69, 9.17) is 9.72 Å². The molecule has 0 fully saturated rings. The predicted molar refractivity (Wildman–Crippen MR) is 125 cm³/mol. The average Bonchev–Trinajstić information content (AvgIpc) is 3.06. The van der Waals surface area contributed by atoms with Gasteiger partial charge in [0, 0.05) is 24.7 Å². The molecule has 7 nitrogen and oxygen atoms in total. The number of hydrogen-bond donors (Lipinski definition) is 1. The highest BCUT2D eigenvalue weighted by Gasteiger charge is 2.19. The van der Waals surface area contributed by atoms with Gasteiger partial charge in [-0.1, -0.05) is 24.8 Å². The molecule has 166 valence electrons. The Labute approximate surface area is 188 Å². The third-order valence-electron chi connectivity index (χ3n) is 5.15. The van der Waals surface area contributed by atoms with Crippen molar-refractivity contribution in [2.45, 2.75) is 25.0 Å². The number of nitrogens with one attached hydrogen (secondary N) is 1. The summed E-state index contributed by atoms with van der Waals surface area (Å²) >= 11 is 1.18. The van der Waals surface area contributed by atoms with Gasteiger partial charge < -0.3 is 14.6 Å². The highest BCUT2D eigenvalue weighted by molar-refractivity contribution is 7.99. The van der Waals surface area contributed by atoms with Crippen LogP contribution < -0.4 is 15.6 Å². The Morgan fingerprint density at radius 3 is 2.78 bits per heavy atom. The maximum Gasteiger partial charge on any atom is 0.278 e. The number of amides is 1. The Balaban J connectivity index is 1.72. The van der Waals surface area contributed by atoms with Gasteiger partial charge in [-0.05, 0) is 42.8 Å². The topological polar surface area (TPSA) is 78.2 Å². The molecule has 0 unspecified atom stereocenters. The minimum absolute atomic E-state index is 0.0340. The van der Waals surface area contributed by atoms with E-state index in [1.54, 1.807) is 17.7 Å². The molecule has 0 aliphatic rings. The smallest absolute Gasteiger partial charge is 0.278 e. The summed E-state index contributed by atoms with van der Waals surface area (Å²) in [7, 11) is 3.43. The van der Waals surface area contributed by atoms with Crippen molar-refractivity contribution in [2.24, 2.45) is 7.05 Å². The molecule has 0 aliphatic heterocycles. The minimum Gasteiger partial charge on any atom is -0.497 e. The number of anilines is 1. The second-order valence-corrected chi connectivity index (χ2v) is 8.28. The lowest BCUT2D eigenvalue weighted by molar-refractivity contribution is -0.113. The molecule has 0 spiro atoms. The number of aryl methyl sites for hydroxylation is 1. The molecular formula is C23H23FN4O3S. The van der Waals surface area contributed by atoms with Crippen LogP contribution in [0, 0.1) is 5.82 Å². The lowest BCUT2D eigenvalue weighted by Gasteiger charge is -2.12. The molecule has 4 rings (SSSR count). The van der Waals surface area contributed by atoms with Crippen LogP contribution in [0.3, 0.4) is 0 Å². The minimum atomic E-state index is -0.425. The van der Waals surface area contributed by atoms with Crippen molar-refractivity contribution in [3.8, 4) is 5.75 Å². The van der Waals surface area contributed by atoms with Gasteiger partial charge >= 0.3 is 0 Å². The van der Waals surface area contributed by atoms with Crippen LogP contribution in [0.2, 0.25) is 0 Å². The number of carbonyl (C=O) groups excluding carboxylic acids is 1. The van der Waals surface area contributed by atoms with E-state index >= 15 is 0 Å². The molecule has 1 N–H and O–H groups in total. The summed E-state index contributed by atoms with van der Waals surface area (Å²) in [5.74, 6) is -0.0248. The Morgan fingerprint density at radius 1 is 1.25 bits per heavy atom. The second-order valence-electron chi connectivity index (χ2n) is 7.34. The van der Waals surface area contributed by atoms with Gasteiger partial charge in [-0.25, -0.2) is 9.37 Å². The molecule has 2 aromatic heterocycles. The van der Waals surface area contributed by atoms with E-state index in [1.807, 2.05) is 36.7 Å². The second kappa shape index (κ2) is 9.04. The van der Waals surface area contributed by atoms with Crippen LogP contribution >= 0.6 is 11.8 Å². The Kier molecular flexibility index (Phi) is 6.18. The number of ether oxygens (including phenoxy) is 1. The van der Waals surface area contributed by atoms with Gasteiger partial charge in [-0.15, -0.1) is 0 Å². The van der Waals surface area contributed by atoms with Crippen LogP contribution in [-0.2, 0) is 18.4 Å². The number of rotatable bonds is 7. The Hall–Kier alpha value is -3.33. The van der Waals surface area contributed by atoms with Gasteiger partial charge in [0.2, 0.25) is 5.91 Å². The molecule has 0 atom stereocenters. The van der Waals surface area contributed by atoms with Crippen LogP contribution in [0.15, 0.2) is 52.4 Å². The highest BCUT2D eigenvalue weighted by atomic mass is 32.2. The molecule has 9 heteroatoms. The summed E-state index contributed by atoms with van der Waals surface area (Å²) in [5, 5.41) is 3.95. The molecule has 0 aliphatic carbocycles. The number of nitrogens with zero attached hydrogens (tertiary/aromatic N) is 3. The summed E-state index contributed by atoms with van der Waals surface area (Å²) in [6.45, 7) is 2.47. The molecule has 0 saturated heterocycles. The maximum atomic E-state index is 13.4. The van der Waals surface area contributed by atoms with Crippen molar-refractivity contribution in [2.75, 3.05) is 18.2 Å². The number of hydrogen-bond acceptors (Lipinski definition) is 5. The number of benzene rings is 2. The van der Waals surface area contributed by atoms with Gasteiger partial charge in [0.25, 0.3) is 5.56 Å². The lowest BCUT2D eigenvalue weighted by Crippen LogP contribution is -2.25. The van der Waals surface area contributed by atoms with Crippen molar-refractivity contribution < 1.29 is 13.9 Å². The van der Waals surface area contributed by atoms with Crippen LogP contribution in [0.4, 0.5) is 10.1 Å². The van der Waals surface area contributed by atoms with Gasteiger partial charge in [-0.3, -0.25) is 14.2 Å². The van der Waals surface area contributed by atoms with Crippen molar-refractivity contribution in [1.29, 1.82) is 0 Å². The van der Waals surface area contributed by atoms with E-state index in [0.29, 0.717) is 34.2 Å². The molecule has 1 amide bonds. The monoisotopic (exact) mass is 454 g/mol. The molecule has 2 aromatic carbocycles. The largest absolute Gasteiger partial charge is 0.497 e. The van der Waals surface area contributed by atoms with Gasteiger partial charge in [0.1, 0.15) is 22.6 Å². The van der Waals surface area contributed by atoms with Crippen LogP contribution in [0.5, 0.6) is 5.75 Å². The third kappa shape index (κ3) is 4.08. The fourth-order valence-corrected chi connectivity index (χ4v) is 4.50. The zero-order valence-electron chi connectivity index (χ0n) is 18.0. The summed E-state index contributed by atoms with van der Waals surface area (Å²) < 4.78 is 22.2. The molecule has 0 bridgehead atoms. The normalized spacial score (nSPS) is 11.2. The summed E-state index contributed by atoms with van der Waals surface area (Å²) in [6.07, 6.45) is 0.744. The van der Waals surface area contributed by atoms with E-state index in [0.717, 1.165) is 17.3 Å². The van der Waals surface area contributed by atoms with Crippen LogP contribution in [0.25, 0.3) is 21.9 Å². The average molecular weight is 455 g/mol. The number of methoxy groups -OCH3 is 1. The first-order valence-corrected chi connectivity index (χ1v) is 11.2. The molecule has 0 saturated carbocycles. The number of halogens is 1. The first-order valence-electron chi connectivity index (χ1n) is 10.2. The highest BCUT2D eigenvalue weighted by Crippen LogP contribution is 2.30. The standard InChI is InChI=1S/C23H23FN4O3S/c1-4-10-28-22(30)21-20(17-12-16(31-3)8-9-18(17)27(21)2)26-23(28)32-13-19(29)25-15-7-5-6-14(24)11-15/h5-9,11-12H,4,10,13H2,1-3H3,(H,25,29). The summed E-state index contributed by atoms with van der Waals surface area (Å²) in [6, 6.07) is 11.3. The van der Waals surface area contributed by atoms with E-state index in [1.165, 1.54) is 30.0 Å². The number of aromatic nitrogens is 3. The fraction of sp³-hybridized carbons (Fsp3) is 0.261. The number of fused-ring (bicyclic) bond motifs is 3. The molecule has 32 heavy (non-hydrogen) atoms. The van der Waals surface area contributed by atoms with Crippen LogP contribution in [-0.4, -0.2) is 32.9 Å². The van der Waals surface area contributed by atoms with Crippen molar-refractivity contribution >= 4 is 45.3 Å². The van der Waals surface area contributed by atoms with Crippen molar-refractivity contribution in [3.05, 3.63) is 58.6 Å². The SMILES string of the molecule is CCCn1c(SCC(=O)Nc2cccc(F)c2)nc2c3cc(OC)ccc3n(C)c2c1=O. The van der Waals surface area contributed by atoms with E-state index < -0.39 is 5.82 Å². The fourth-order valence-electron chi connectivity index (χ4n) is 3.68. The molecular weight excluding hydrogens is 431 g/mol. The number of carbonyl (C=O) groups is 1. The van der Waals surface area contributed by atoms with E-state index in [9.17, 15) is 14.0 Å². The summed E-state index contributed by atoms with van der Waals surface area (Å²) in [4.78, 5) is 30.6. The number of thioether (sulfide) groups is 1. The first-order chi connectivity index (χ1) is 15.4. The zero-order chi connectivity index (χ0) is 22.8. The molecule has 0 radical (unpaired) electrons. The van der Waals surface area contributed by atoms with E-state index in [-0.39, 0.29) is 17.2 Å². The van der Waals surface area contributed by atoms with Gasteiger partial charge in [-0.2, -0.15) is 0 Å². The zero-order valence-corrected chi connectivity index (χ0v) is 18.8. The quantitative estimate of drug-likeness (QED) is 0.335. The lowest BCUT2D eigenvalue weighted by atomic mass is 10.2. The first kappa shape index (κ1) is 21.9. The summed E-state index contributed by atoms with van der Waals surface area (Å²) in [5.41, 5.74) is 2.19. The molecule has 4 aromatic rings. The van der Waals surface area contributed by atoms with Crippen molar-refractivity contribution in [3.63, 3.8) is 0 Å². The van der Waals surface area contributed by atoms with E-state index in [2.05, 4.69) is 5.32 Å². The van der Waals surface area contributed by atoms with Crippen molar-refractivity contribution in [1.82, 2.24) is 14.1 Å². The Bertz CT molecular complexity index is 1380. The Morgan fingerprint density at radius 2 is 2.06 bits per heavy atom.